The number of sulfonamides is 1. The summed E-state index contributed by atoms with van der Waals surface area (Å²) in [5.74, 6) is -0.821. The Labute approximate surface area is 265 Å². The van der Waals surface area contributed by atoms with Crippen LogP contribution in [0.25, 0.3) is 0 Å². The van der Waals surface area contributed by atoms with Crippen LogP contribution in [0.1, 0.15) is 37.0 Å². The molecule has 0 bridgehead atoms. The number of rotatable bonds is 13. The molecule has 44 heavy (non-hydrogen) atoms. The number of hydrogen-bond donors (Lipinski definition) is 1. The molecule has 7 nitrogen and oxygen atoms in total. The molecule has 0 fully saturated rings. The van der Waals surface area contributed by atoms with Crippen molar-refractivity contribution in [2.24, 2.45) is 0 Å². The van der Waals surface area contributed by atoms with Crippen molar-refractivity contribution in [3.05, 3.63) is 131 Å². The summed E-state index contributed by atoms with van der Waals surface area (Å²) in [5, 5.41) is 3.58. The van der Waals surface area contributed by atoms with Crippen molar-refractivity contribution in [3.8, 4) is 0 Å². The lowest BCUT2D eigenvalue weighted by Gasteiger charge is -2.34. The van der Waals surface area contributed by atoms with Gasteiger partial charge < -0.3 is 10.2 Å². The van der Waals surface area contributed by atoms with Gasteiger partial charge in [-0.15, -0.1) is 0 Å². The van der Waals surface area contributed by atoms with E-state index in [9.17, 15) is 18.0 Å². The summed E-state index contributed by atoms with van der Waals surface area (Å²) < 4.78 is 29.1. The first kappa shape index (κ1) is 32.8. The third-order valence-corrected chi connectivity index (χ3v) is 9.51. The molecule has 2 atom stereocenters. The molecule has 2 amide bonds. The van der Waals surface area contributed by atoms with Gasteiger partial charge in [0.25, 0.3) is 10.0 Å². The minimum atomic E-state index is -4.13. The highest BCUT2D eigenvalue weighted by Gasteiger charge is 2.34. The second-order valence-electron chi connectivity index (χ2n) is 10.8. The normalized spacial score (nSPS) is 12.6. The number of aryl methyl sites for hydroxylation is 1. The van der Waals surface area contributed by atoms with Crippen LogP contribution in [0.2, 0.25) is 5.02 Å². The van der Waals surface area contributed by atoms with Crippen LogP contribution in [0, 0.1) is 6.92 Å². The topological polar surface area (TPSA) is 86.8 Å². The van der Waals surface area contributed by atoms with E-state index < -0.39 is 28.5 Å². The second-order valence-corrected chi connectivity index (χ2v) is 13.1. The molecule has 0 aliphatic heterocycles. The summed E-state index contributed by atoms with van der Waals surface area (Å²) >= 11 is 6.14. The monoisotopic (exact) mass is 631 g/mol. The fourth-order valence-electron chi connectivity index (χ4n) is 4.74. The molecule has 0 saturated carbocycles. The lowest BCUT2D eigenvalue weighted by atomic mass is 10.0. The lowest BCUT2D eigenvalue weighted by molar-refractivity contribution is -0.140. The van der Waals surface area contributed by atoms with E-state index in [1.165, 1.54) is 17.0 Å². The smallest absolute Gasteiger partial charge is 0.264 e. The first-order chi connectivity index (χ1) is 21.1. The molecule has 0 aromatic heterocycles. The Kier molecular flexibility index (Phi) is 11.2. The van der Waals surface area contributed by atoms with Crippen LogP contribution in [0.4, 0.5) is 5.69 Å². The number of nitrogens with one attached hydrogen (secondary N) is 1. The SMILES string of the molecule is CCC(C)NC(=O)C(Cc1ccccc1)N(Cc1ccc(Cl)cc1)C(=O)CN(c1ccc(C)cc1)S(=O)(=O)c1ccccc1. The van der Waals surface area contributed by atoms with E-state index in [0.717, 1.165) is 21.0 Å². The third-order valence-electron chi connectivity index (χ3n) is 7.47. The number of hydrogen-bond acceptors (Lipinski definition) is 4. The van der Waals surface area contributed by atoms with Crippen LogP contribution in [-0.4, -0.2) is 43.8 Å². The molecule has 2 unspecified atom stereocenters. The quantitative estimate of drug-likeness (QED) is 0.185. The van der Waals surface area contributed by atoms with Crippen molar-refractivity contribution in [1.29, 1.82) is 0 Å². The highest BCUT2D eigenvalue weighted by Crippen LogP contribution is 2.25. The van der Waals surface area contributed by atoms with Crippen LogP contribution in [0.15, 0.2) is 114 Å². The summed E-state index contributed by atoms with van der Waals surface area (Å²) in [5.41, 5.74) is 2.93. The zero-order valence-corrected chi connectivity index (χ0v) is 26.8. The molecule has 4 aromatic rings. The third kappa shape index (κ3) is 8.49. The first-order valence-electron chi connectivity index (χ1n) is 14.6. The molecule has 0 aliphatic carbocycles. The van der Waals surface area contributed by atoms with E-state index in [1.54, 1.807) is 66.7 Å². The van der Waals surface area contributed by atoms with Gasteiger partial charge in [-0.3, -0.25) is 13.9 Å². The predicted molar refractivity (Wildman–Crippen MR) is 176 cm³/mol. The fraction of sp³-hybridized carbons (Fsp3) is 0.257. The summed E-state index contributed by atoms with van der Waals surface area (Å²) in [6, 6.07) is 30.5. The van der Waals surface area contributed by atoms with Crippen LogP contribution < -0.4 is 9.62 Å². The van der Waals surface area contributed by atoms with Crippen LogP contribution in [0.5, 0.6) is 0 Å². The van der Waals surface area contributed by atoms with Crippen molar-refractivity contribution in [2.45, 2.75) is 57.1 Å². The summed E-state index contributed by atoms with van der Waals surface area (Å²) in [4.78, 5) is 29.9. The fourth-order valence-corrected chi connectivity index (χ4v) is 6.30. The average Bonchev–Trinajstić information content (AvgIpc) is 3.03. The second kappa shape index (κ2) is 15.0. The van der Waals surface area contributed by atoms with Gasteiger partial charge in [-0.2, -0.15) is 0 Å². The van der Waals surface area contributed by atoms with Gasteiger partial charge in [0.1, 0.15) is 12.6 Å². The molecule has 0 saturated heterocycles. The maximum atomic E-state index is 14.4. The summed E-state index contributed by atoms with van der Waals surface area (Å²) in [6.45, 7) is 5.36. The minimum absolute atomic E-state index is 0.0629. The maximum absolute atomic E-state index is 14.4. The number of halogens is 1. The molecule has 9 heteroatoms. The van der Waals surface area contributed by atoms with Crippen molar-refractivity contribution < 1.29 is 18.0 Å². The predicted octanol–water partition coefficient (Wildman–Crippen LogP) is 6.40. The van der Waals surface area contributed by atoms with Gasteiger partial charge in [-0.25, -0.2) is 8.42 Å². The Hall–Kier alpha value is -4.14. The molecule has 0 spiro atoms. The Morgan fingerprint density at radius 2 is 1.41 bits per heavy atom. The average molecular weight is 632 g/mol. The molecule has 0 aliphatic rings. The lowest BCUT2D eigenvalue weighted by Crippen LogP contribution is -2.54. The van der Waals surface area contributed by atoms with Gasteiger partial charge in [-0.05, 0) is 67.8 Å². The zero-order valence-electron chi connectivity index (χ0n) is 25.2. The number of nitrogens with zero attached hydrogens (tertiary/aromatic N) is 2. The van der Waals surface area contributed by atoms with Gasteiger partial charge in [0.2, 0.25) is 11.8 Å². The molecular weight excluding hydrogens is 594 g/mol. The highest BCUT2D eigenvalue weighted by molar-refractivity contribution is 7.92. The van der Waals surface area contributed by atoms with Gasteiger partial charge in [-0.1, -0.05) is 96.9 Å². The van der Waals surface area contributed by atoms with Gasteiger partial charge in [0.05, 0.1) is 10.6 Å². The Bertz CT molecular complexity index is 1630. The van der Waals surface area contributed by atoms with Gasteiger partial charge >= 0.3 is 0 Å². The first-order valence-corrected chi connectivity index (χ1v) is 16.4. The molecule has 4 rings (SSSR count). The maximum Gasteiger partial charge on any atom is 0.264 e. The van der Waals surface area contributed by atoms with E-state index >= 15 is 0 Å². The molecule has 230 valence electrons. The molecule has 4 aromatic carbocycles. The van der Waals surface area contributed by atoms with Crippen molar-refractivity contribution in [2.75, 3.05) is 10.8 Å². The number of benzene rings is 4. The minimum Gasteiger partial charge on any atom is -0.352 e. The van der Waals surface area contributed by atoms with Gasteiger partial charge in [0, 0.05) is 24.0 Å². The van der Waals surface area contributed by atoms with E-state index in [2.05, 4.69) is 5.32 Å². The summed E-state index contributed by atoms with van der Waals surface area (Å²) in [6.07, 6.45) is 0.962. The highest BCUT2D eigenvalue weighted by atomic mass is 35.5. The molecule has 0 heterocycles. The Balaban J connectivity index is 1.79. The van der Waals surface area contributed by atoms with Crippen molar-refractivity contribution in [1.82, 2.24) is 10.2 Å². The van der Waals surface area contributed by atoms with Crippen LogP contribution in [0.3, 0.4) is 0 Å². The Morgan fingerprint density at radius 1 is 0.818 bits per heavy atom. The van der Waals surface area contributed by atoms with E-state index in [-0.39, 0.29) is 29.8 Å². The largest absolute Gasteiger partial charge is 0.352 e. The number of carbonyl (C=O) groups excluding carboxylic acids is 2. The molecule has 1 N–H and O–H groups in total. The standard InChI is InChI=1S/C35H38ClN3O4S/c1-4-27(3)37-35(41)33(23-28-11-7-5-8-12-28)38(24-29-17-19-30(36)20-18-29)34(40)25-39(31-21-15-26(2)16-22-31)44(42,43)32-13-9-6-10-14-32/h5-22,27,33H,4,23-25H2,1-3H3,(H,37,41). The number of amides is 2. The van der Waals surface area contributed by atoms with Crippen molar-refractivity contribution in [3.63, 3.8) is 0 Å². The van der Waals surface area contributed by atoms with E-state index in [4.69, 9.17) is 11.6 Å². The van der Waals surface area contributed by atoms with E-state index in [0.29, 0.717) is 17.1 Å². The zero-order chi connectivity index (χ0) is 31.7. The van der Waals surface area contributed by atoms with E-state index in [1.807, 2.05) is 51.1 Å². The van der Waals surface area contributed by atoms with Crippen molar-refractivity contribution >= 4 is 39.1 Å². The summed E-state index contributed by atoms with van der Waals surface area (Å²) in [7, 11) is -4.13. The molecular formula is C35H38ClN3O4S. The number of anilines is 1. The number of carbonyl (C=O) groups is 2. The molecule has 0 radical (unpaired) electrons. The van der Waals surface area contributed by atoms with Crippen LogP contribution in [-0.2, 0) is 32.6 Å². The van der Waals surface area contributed by atoms with Gasteiger partial charge in [0.15, 0.2) is 0 Å². The Morgan fingerprint density at radius 3 is 2.00 bits per heavy atom. The van der Waals surface area contributed by atoms with Crippen LogP contribution >= 0.6 is 11.6 Å².